The molecule has 0 bridgehead atoms. The molecule has 0 atom stereocenters. The fourth-order valence-electron chi connectivity index (χ4n) is 0.534. The predicted molar refractivity (Wildman–Crippen MR) is 61.7 cm³/mol. The second-order valence-corrected chi connectivity index (χ2v) is 8.34. The highest BCUT2D eigenvalue weighted by molar-refractivity contribution is 9.38. The van der Waals surface area contributed by atoms with Crippen molar-refractivity contribution in [1.82, 2.24) is 0 Å². The summed E-state index contributed by atoms with van der Waals surface area (Å²) >= 11 is 9.31. The Morgan fingerprint density at radius 3 is 1.55 bits per heavy atom. The minimum Gasteiger partial charge on any atom is -0.0637 e. The van der Waals surface area contributed by atoms with Gasteiger partial charge in [-0.1, -0.05) is 83.7 Å². The summed E-state index contributed by atoms with van der Waals surface area (Å²) in [6.07, 6.45) is 0. The van der Waals surface area contributed by atoms with Gasteiger partial charge in [-0.15, -0.1) is 0 Å². The molecule has 0 unspecified atom stereocenters. The molecule has 1 aromatic rings. The van der Waals surface area contributed by atoms with E-state index in [0.29, 0.717) is 0 Å². The van der Waals surface area contributed by atoms with E-state index in [9.17, 15) is 0 Å². The largest absolute Gasteiger partial charge is 0.124 e. The Morgan fingerprint density at radius 1 is 1.00 bits per heavy atom. The first-order valence-electron chi connectivity index (χ1n) is 3.07. The van der Waals surface area contributed by atoms with Crippen molar-refractivity contribution in [2.45, 2.75) is 9.57 Å². The van der Waals surface area contributed by atoms with Crippen molar-refractivity contribution in [3.8, 4) is 0 Å². The molecule has 3 heteroatoms. The fourth-order valence-corrected chi connectivity index (χ4v) is 0.534. The van der Waals surface area contributed by atoms with Crippen LogP contribution in [0.15, 0.2) is 30.3 Å². The zero-order valence-electron chi connectivity index (χ0n) is 6.10. The lowest BCUT2D eigenvalue weighted by atomic mass is 10.2. The third kappa shape index (κ3) is 10.7. The quantitative estimate of drug-likeness (QED) is 0.610. The number of hydrogen-bond donors (Lipinski definition) is 0. The van der Waals surface area contributed by atoms with Crippen LogP contribution >= 0.6 is 47.8 Å². The van der Waals surface area contributed by atoms with Crippen LogP contribution in [0.5, 0.6) is 0 Å². The summed E-state index contributed by atoms with van der Waals surface area (Å²) in [7, 11) is 0. The van der Waals surface area contributed by atoms with Crippen LogP contribution in [0.1, 0.15) is 5.56 Å². The van der Waals surface area contributed by atoms with Gasteiger partial charge in [0, 0.05) is 0 Å². The van der Waals surface area contributed by atoms with Crippen LogP contribution in [0.4, 0.5) is 0 Å². The van der Waals surface area contributed by atoms with Crippen LogP contribution in [0.2, 0.25) is 0 Å². The first-order chi connectivity index (χ1) is 5.13. The van der Waals surface area contributed by atoms with Gasteiger partial charge in [0.05, 0.1) is 0 Å². The molecule has 0 aliphatic heterocycles. The maximum atomic E-state index is 3.10. The van der Waals surface area contributed by atoms with Gasteiger partial charge in [0.2, 0.25) is 0 Å². The molecule has 0 spiro atoms. The topological polar surface area (TPSA) is 0 Å². The highest BCUT2D eigenvalue weighted by Gasteiger charge is 1.77. The minimum atomic E-state index is 0.271. The molecule has 0 fully saturated rings. The number of halogens is 3. The SMILES string of the molecule is BrC(Br)Br.Cc1ccccc1. The zero-order chi connectivity index (χ0) is 8.69. The zero-order valence-corrected chi connectivity index (χ0v) is 10.9. The summed E-state index contributed by atoms with van der Waals surface area (Å²) in [5.41, 5.74) is 1.32. The number of hydrogen-bond acceptors (Lipinski definition) is 0. The van der Waals surface area contributed by atoms with Gasteiger partial charge in [-0.3, -0.25) is 0 Å². The maximum Gasteiger partial charge on any atom is 0.124 e. The highest BCUT2D eigenvalue weighted by atomic mass is 80.0. The van der Waals surface area contributed by atoms with E-state index in [0.717, 1.165) is 0 Å². The van der Waals surface area contributed by atoms with Crippen LogP contribution in [0.3, 0.4) is 0 Å². The maximum absolute atomic E-state index is 3.10. The summed E-state index contributed by atoms with van der Waals surface area (Å²) in [4.78, 5) is 0. The molecule has 0 aromatic heterocycles. The molecule has 0 amide bonds. The molecule has 0 saturated heterocycles. The van der Waals surface area contributed by atoms with Crippen molar-refractivity contribution in [3.05, 3.63) is 35.9 Å². The second kappa shape index (κ2) is 7.32. The Balaban J connectivity index is 0.000000218. The van der Waals surface area contributed by atoms with Crippen molar-refractivity contribution in [2.75, 3.05) is 0 Å². The normalized spacial score (nSPS) is 8.82. The van der Waals surface area contributed by atoms with E-state index in [1.165, 1.54) is 5.56 Å². The lowest BCUT2D eigenvalue weighted by Gasteiger charge is -1.82. The summed E-state index contributed by atoms with van der Waals surface area (Å²) in [5, 5.41) is 0. The van der Waals surface area contributed by atoms with E-state index in [1.807, 2.05) is 18.2 Å². The smallest absolute Gasteiger partial charge is 0.0637 e. The van der Waals surface area contributed by atoms with Gasteiger partial charge in [-0.25, -0.2) is 0 Å². The fraction of sp³-hybridized carbons (Fsp3) is 0.250. The molecular formula is C8H9Br3. The average molecular weight is 345 g/mol. The Hall–Kier alpha value is 0.660. The molecular weight excluding hydrogens is 336 g/mol. The predicted octanol–water partition coefficient (Wildman–Crippen LogP) is 4.45. The van der Waals surface area contributed by atoms with Crippen LogP contribution < -0.4 is 0 Å². The summed E-state index contributed by atoms with van der Waals surface area (Å²) in [6, 6.07) is 10.3. The second-order valence-electron chi connectivity index (χ2n) is 1.90. The van der Waals surface area contributed by atoms with Gasteiger partial charge in [0.15, 0.2) is 0 Å². The molecule has 0 aliphatic rings. The molecule has 0 N–H and O–H groups in total. The lowest BCUT2D eigenvalue weighted by molar-refractivity contribution is 1.48. The first-order valence-corrected chi connectivity index (χ1v) is 5.81. The van der Waals surface area contributed by atoms with E-state index in [-0.39, 0.29) is 2.65 Å². The molecule has 0 radical (unpaired) electrons. The Bertz CT molecular complexity index is 169. The number of alkyl halides is 3. The van der Waals surface area contributed by atoms with Crippen molar-refractivity contribution in [1.29, 1.82) is 0 Å². The molecule has 62 valence electrons. The van der Waals surface area contributed by atoms with E-state index in [2.05, 4.69) is 66.8 Å². The van der Waals surface area contributed by atoms with Gasteiger partial charge in [-0.05, 0) is 6.92 Å². The van der Waals surface area contributed by atoms with Crippen LogP contribution in [0, 0.1) is 6.92 Å². The summed E-state index contributed by atoms with van der Waals surface area (Å²) in [6.45, 7) is 2.08. The van der Waals surface area contributed by atoms with Crippen LogP contribution in [0.25, 0.3) is 0 Å². The van der Waals surface area contributed by atoms with Gasteiger partial charge in [0.1, 0.15) is 2.65 Å². The van der Waals surface area contributed by atoms with Crippen molar-refractivity contribution < 1.29 is 0 Å². The van der Waals surface area contributed by atoms with Gasteiger partial charge in [0.25, 0.3) is 0 Å². The summed E-state index contributed by atoms with van der Waals surface area (Å²) in [5.74, 6) is 0. The highest BCUT2D eigenvalue weighted by Crippen LogP contribution is 2.13. The average Bonchev–Trinajstić information content (AvgIpc) is 1.87. The van der Waals surface area contributed by atoms with Gasteiger partial charge >= 0.3 is 0 Å². The number of aryl methyl sites for hydroxylation is 1. The van der Waals surface area contributed by atoms with Crippen molar-refractivity contribution in [2.24, 2.45) is 0 Å². The molecule has 0 saturated carbocycles. The standard InChI is InChI=1S/C7H8.CHBr3/c1-7-5-3-2-4-6-7;2-1(3)4/h2-6H,1H3;1H. The van der Waals surface area contributed by atoms with E-state index >= 15 is 0 Å². The van der Waals surface area contributed by atoms with Crippen molar-refractivity contribution in [3.63, 3.8) is 0 Å². The Morgan fingerprint density at radius 2 is 1.36 bits per heavy atom. The molecule has 1 aromatic carbocycles. The number of benzene rings is 1. The summed E-state index contributed by atoms with van der Waals surface area (Å²) < 4.78 is 0.271. The van der Waals surface area contributed by atoms with E-state index in [1.54, 1.807) is 0 Å². The van der Waals surface area contributed by atoms with Gasteiger partial charge < -0.3 is 0 Å². The lowest BCUT2D eigenvalue weighted by Crippen LogP contribution is -1.62. The molecule has 0 nitrogen and oxygen atoms in total. The Labute approximate surface area is 92.8 Å². The van der Waals surface area contributed by atoms with Crippen LogP contribution in [-0.4, -0.2) is 2.65 Å². The van der Waals surface area contributed by atoms with E-state index in [4.69, 9.17) is 0 Å². The molecule has 0 aliphatic carbocycles. The van der Waals surface area contributed by atoms with Crippen molar-refractivity contribution >= 4 is 47.8 Å². The van der Waals surface area contributed by atoms with E-state index < -0.39 is 0 Å². The third-order valence-corrected chi connectivity index (χ3v) is 0.940. The molecule has 0 heterocycles. The number of rotatable bonds is 0. The van der Waals surface area contributed by atoms with Crippen LogP contribution in [-0.2, 0) is 0 Å². The Kier molecular flexibility index (Phi) is 7.76. The third-order valence-electron chi connectivity index (χ3n) is 0.940. The molecule has 1 rings (SSSR count). The molecule has 11 heavy (non-hydrogen) atoms. The minimum absolute atomic E-state index is 0.271. The first kappa shape index (κ1) is 11.7. The monoisotopic (exact) mass is 342 g/mol. The van der Waals surface area contributed by atoms with Gasteiger partial charge in [-0.2, -0.15) is 0 Å².